The monoisotopic (exact) mass is 282 g/mol. The van der Waals surface area contributed by atoms with E-state index in [9.17, 15) is 4.79 Å². The van der Waals surface area contributed by atoms with E-state index in [2.05, 4.69) is 26.1 Å². The smallest absolute Gasteiger partial charge is 0.255 e. The highest BCUT2D eigenvalue weighted by molar-refractivity contribution is 6.04. The highest BCUT2D eigenvalue weighted by atomic mass is 16.1. The van der Waals surface area contributed by atoms with E-state index in [1.807, 2.05) is 24.3 Å². The second-order valence-electron chi connectivity index (χ2n) is 5.89. The molecule has 2 rings (SSSR count). The predicted molar refractivity (Wildman–Crippen MR) is 88.6 cm³/mol. The van der Waals surface area contributed by atoms with Crippen LogP contribution < -0.4 is 11.1 Å². The molecule has 0 atom stereocenters. The van der Waals surface area contributed by atoms with Crippen molar-refractivity contribution in [3.63, 3.8) is 0 Å². The van der Waals surface area contributed by atoms with Gasteiger partial charge in [0.1, 0.15) is 0 Å². The molecule has 21 heavy (non-hydrogen) atoms. The molecule has 2 aromatic rings. The summed E-state index contributed by atoms with van der Waals surface area (Å²) in [5.41, 5.74) is 9.08. The van der Waals surface area contributed by atoms with Crippen LogP contribution in [0.3, 0.4) is 0 Å². The second-order valence-corrected chi connectivity index (χ2v) is 5.89. The Kier molecular flexibility index (Phi) is 4.32. The van der Waals surface area contributed by atoms with Crippen LogP contribution in [-0.4, -0.2) is 5.91 Å². The zero-order valence-corrected chi connectivity index (χ0v) is 12.8. The first kappa shape index (κ1) is 15.1. The van der Waals surface area contributed by atoms with Crippen molar-refractivity contribution >= 4 is 17.3 Å². The maximum Gasteiger partial charge on any atom is 0.255 e. The van der Waals surface area contributed by atoms with Gasteiger partial charge in [0.2, 0.25) is 0 Å². The number of amides is 1. The Balaban J connectivity index is 2.11. The van der Waals surface area contributed by atoms with E-state index in [0.29, 0.717) is 11.3 Å². The minimum Gasteiger partial charge on any atom is -0.399 e. The molecule has 3 N–H and O–H groups in total. The molecule has 0 radical (unpaired) electrons. The number of anilines is 2. The average Bonchev–Trinajstić information content (AvgIpc) is 2.49. The van der Waals surface area contributed by atoms with Crippen LogP contribution in [0.1, 0.15) is 43.1 Å². The maximum atomic E-state index is 12.2. The van der Waals surface area contributed by atoms with Crippen molar-refractivity contribution in [2.24, 2.45) is 0 Å². The van der Waals surface area contributed by atoms with Gasteiger partial charge < -0.3 is 11.1 Å². The third kappa shape index (κ3) is 3.63. The standard InChI is InChI=1S/C18H22N2O/c1-4-18(2,3)14-7-5-13(6-8-14)17(21)20-16-11-9-15(19)10-12-16/h5-12H,4,19H2,1-3H3,(H,20,21). The lowest BCUT2D eigenvalue weighted by Gasteiger charge is -2.23. The first-order valence-corrected chi connectivity index (χ1v) is 7.20. The Morgan fingerprint density at radius 3 is 2.14 bits per heavy atom. The summed E-state index contributed by atoms with van der Waals surface area (Å²) in [6.07, 6.45) is 1.06. The van der Waals surface area contributed by atoms with Gasteiger partial charge in [-0.05, 0) is 53.8 Å². The summed E-state index contributed by atoms with van der Waals surface area (Å²) in [7, 11) is 0. The lowest BCUT2D eigenvalue weighted by Crippen LogP contribution is -2.16. The minimum absolute atomic E-state index is 0.111. The highest BCUT2D eigenvalue weighted by Gasteiger charge is 2.18. The van der Waals surface area contributed by atoms with Crippen LogP contribution in [-0.2, 0) is 5.41 Å². The van der Waals surface area contributed by atoms with E-state index in [-0.39, 0.29) is 11.3 Å². The fraction of sp³-hybridized carbons (Fsp3) is 0.278. The Bertz CT molecular complexity index is 613. The van der Waals surface area contributed by atoms with Crippen LogP contribution in [0.2, 0.25) is 0 Å². The number of nitrogens with one attached hydrogen (secondary N) is 1. The van der Waals surface area contributed by atoms with Gasteiger partial charge in [-0.15, -0.1) is 0 Å². The van der Waals surface area contributed by atoms with Gasteiger partial charge in [-0.3, -0.25) is 4.79 Å². The fourth-order valence-electron chi connectivity index (χ4n) is 2.05. The van der Waals surface area contributed by atoms with E-state index in [4.69, 9.17) is 5.73 Å². The van der Waals surface area contributed by atoms with Crippen molar-refractivity contribution in [2.45, 2.75) is 32.6 Å². The van der Waals surface area contributed by atoms with E-state index in [1.165, 1.54) is 5.56 Å². The molecule has 2 aromatic carbocycles. The first-order chi connectivity index (χ1) is 9.92. The Morgan fingerprint density at radius 1 is 1.05 bits per heavy atom. The Morgan fingerprint density at radius 2 is 1.62 bits per heavy atom. The van der Waals surface area contributed by atoms with Gasteiger partial charge in [0.15, 0.2) is 0 Å². The van der Waals surface area contributed by atoms with E-state index in [1.54, 1.807) is 24.3 Å². The number of hydrogen-bond acceptors (Lipinski definition) is 2. The van der Waals surface area contributed by atoms with Crippen LogP contribution in [0.4, 0.5) is 11.4 Å². The zero-order chi connectivity index (χ0) is 15.5. The molecule has 0 bridgehead atoms. The third-order valence-corrected chi connectivity index (χ3v) is 3.98. The number of carbonyl (C=O) groups excluding carboxylic acids is 1. The normalized spacial score (nSPS) is 11.2. The van der Waals surface area contributed by atoms with Gasteiger partial charge in [0.05, 0.1) is 0 Å². The van der Waals surface area contributed by atoms with Crippen LogP contribution in [0.15, 0.2) is 48.5 Å². The molecule has 0 unspecified atom stereocenters. The van der Waals surface area contributed by atoms with Crippen molar-refractivity contribution in [2.75, 3.05) is 11.1 Å². The van der Waals surface area contributed by atoms with E-state index < -0.39 is 0 Å². The molecule has 0 saturated heterocycles. The third-order valence-electron chi connectivity index (χ3n) is 3.98. The minimum atomic E-state index is -0.111. The SMILES string of the molecule is CCC(C)(C)c1ccc(C(=O)Nc2ccc(N)cc2)cc1. The summed E-state index contributed by atoms with van der Waals surface area (Å²) in [4.78, 5) is 12.2. The van der Waals surface area contributed by atoms with Gasteiger partial charge in [0, 0.05) is 16.9 Å². The van der Waals surface area contributed by atoms with Crippen LogP contribution in [0.25, 0.3) is 0 Å². The number of benzene rings is 2. The van der Waals surface area contributed by atoms with Gasteiger partial charge in [0.25, 0.3) is 5.91 Å². The van der Waals surface area contributed by atoms with Crippen molar-refractivity contribution in [3.05, 3.63) is 59.7 Å². The summed E-state index contributed by atoms with van der Waals surface area (Å²) in [6, 6.07) is 14.9. The Labute approximate surface area is 126 Å². The van der Waals surface area contributed by atoms with Gasteiger partial charge in [-0.2, -0.15) is 0 Å². The summed E-state index contributed by atoms with van der Waals surface area (Å²) in [5.74, 6) is -0.111. The molecule has 0 aliphatic rings. The second kappa shape index (κ2) is 6.00. The van der Waals surface area contributed by atoms with Crippen LogP contribution in [0.5, 0.6) is 0 Å². The molecule has 110 valence electrons. The number of hydrogen-bond donors (Lipinski definition) is 2. The zero-order valence-electron chi connectivity index (χ0n) is 12.8. The first-order valence-electron chi connectivity index (χ1n) is 7.20. The highest BCUT2D eigenvalue weighted by Crippen LogP contribution is 2.26. The van der Waals surface area contributed by atoms with Crippen molar-refractivity contribution in [1.29, 1.82) is 0 Å². The number of nitrogens with two attached hydrogens (primary N) is 1. The molecule has 0 aromatic heterocycles. The van der Waals surface area contributed by atoms with Gasteiger partial charge in [-0.25, -0.2) is 0 Å². The molecule has 3 heteroatoms. The molecule has 0 spiro atoms. The van der Waals surface area contributed by atoms with Crippen LogP contribution >= 0.6 is 0 Å². The summed E-state index contributed by atoms with van der Waals surface area (Å²) >= 11 is 0. The molecule has 1 amide bonds. The molecule has 0 aliphatic heterocycles. The lowest BCUT2D eigenvalue weighted by molar-refractivity contribution is 0.102. The number of carbonyl (C=O) groups is 1. The Hall–Kier alpha value is -2.29. The van der Waals surface area contributed by atoms with Gasteiger partial charge >= 0.3 is 0 Å². The van der Waals surface area contributed by atoms with E-state index >= 15 is 0 Å². The quantitative estimate of drug-likeness (QED) is 0.825. The van der Waals surface area contributed by atoms with Crippen LogP contribution in [0, 0.1) is 0 Å². The molecule has 0 aliphatic carbocycles. The number of rotatable bonds is 4. The summed E-state index contributed by atoms with van der Waals surface area (Å²) < 4.78 is 0. The molecular formula is C18H22N2O. The number of nitrogen functional groups attached to an aromatic ring is 1. The summed E-state index contributed by atoms with van der Waals surface area (Å²) in [5, 5.41) is 2.86. The largest absolute Gasteiger partial charge is 0.399 e. The maximum absolute atomic E-state index is 12.2. The molecule has 0 fully saturated rings. The van der Waals surface area contributed by atoms with E-state index in [0.717, 1.165) is 12.1 Å². The predicted octanol–water partition coefficient (Wildman–Crippen LogP) is 4.21. The average molecular weight is 282 g/mol. The molecule has 0 saturated carbocycles. The van der Waals surface area contributed by atoms with Crippen molar-refractivity contribution < 1.29 is 4.79 Å². The van der Waals surface area contributed by atoms with Crippen molar-refractivity contribution in [3.8, 4) is 0 Å². The molecule has 0 heterocycles. The topological polar surface area (TPSA) is 55.1 Å². The lowest BCUT2D eigenvalue weighted by atomic mass is 9.82. The van der Waals surface area contributed by atoms with Gasteiger partial charge in [-0.1, -0.05) is 32.9 Å². The molecular weight excluding hydrogens is 260 g/mol. The fourth-order valence-corrected chi connectivity index (χ4v) is 2.05. The molecule has 3 nitrogen and oxygen atoms in total. The van der Waals surface area contributed by atoms with Crippen molar-refractivity contribution in [1.82, 2.24) is 0 Å². The summed E-state index contributed by atoms with van der Waals surface area (Å²) in [6.45, 7) is 6.58.